The minimum absolute atomic E-state index is 0.324. The van der Waals surface area contributed by atoms with Crippen molar-refractivity contribution in [2.45, 2.75) is 70.6 Å². The topological polar surface area (TPSA) is 62.7 Å². The van der Waals surface area contributed by atoms with Gasteiger partial charge in [0.25, 0.3) is 0 Å². The lowest BCUT2D eigenvalue weighted by molar-refractivity contribution is 0.317. The Morgan fingerprint density at radius 3 is 2.89 bits per heavy atom. The lowest BCUT2D eigenvalue weighted by Crippen LogP contribution is -2.46. The van der Waals surface area contributed by atoms with Gasteiger partial charge in [0, 0.05) is 40.9 Å². The minimum Gasteiger partial charge on any atom is -0.494 e. The third kappa shape index (κ3) is 7.82. The molecule has 1 aromatic carbocycles. The van der Waals surface area contributed by atoms with E-state index in [1.165, 1.54) is 5.56 Å². The van der Waals surface area contributed by atoms with Crippen molar-refractivity contribution in [3.8, 4) is 5.75 Å². The average molecular weight is 408 g/mol. The molecule has 0 bridgehead atoms. The number of guanidine groups is 1. The van der Waals surface area contributed by atoms with E-state index in [0.717, 1.165) is 75.7 Å². The highest BCUT2D eigenvalue weighted by Gasteiger charge is 2.25. The molecule has 3 atom stereocenters. The highest BCUT2D eigenvalue weighted by molar-refractivity contribution is 7.85. The van der Waals surface area contributed by atoms with E-state index in [1.807, 2.05) is 19.1 Å². The molecule has 3 unspecified atom stereocenters. The lowest BCUT2D eigenvalue weighted by Gasteiger charge is -2.30. The smallest absolute Gasteiger partial charge is 0.191 e. The SMILES string of the molecule is CCCOc1cccc(CCN=C(NCC)NC2CCCC(S(=O)CC)C2)c1. The Hall–Kier alpha value is -1.56. The molecule has 1 aromatic rings. The zero-order valence-electron chi connectivity index (χ0n) is 17.7. The molecule has 28 heavy (non-hydrogen) atoms. The predicted octanol–water partition coefficient (Wildman–Crippen LogP) is 3.65. The number of ether oxygens (including phenoxy) is 1. The molecule has 0 aromatic heterocycles. The van der Waals surface area contributed by atoms with Crippen LogP contribution >= 0.6 is 0 Å². The van der Waals surface area contributed by atoms with E-state index in [2.05, 4.69) is 36.6 Å². The van der Waals surface area contributed by atoms with Crippen molar-refractivity contribution >= 4 is 16.8 Å². The average Bonchev–Trinajstić information content (AvgIpc) is 2.72. The van der Waals surface area contributed by atoms with Crippen LogP contribution in [-0.2, 0) is 17.2 Å². The first-order chi connectivity index (χ1) is 13.7. The van der Waals surface area contributed by atoms with Crippen molar-refractivity contribution < 1.29 is 8.95 Å². The van der Waals surface area contributed by atoms with Crippen molar-refractivity contribution in [1.29, 1.82) is 0 Å². The van der Waals surface area contributed by atoms with Gasteiger partial charge in [-0.3, -0.25) is 9.20 Å². The van der Waals surface area contributed by atoms with Crippen LogP contribution in [0.1, 0.15) is 58.4 Å². The second-order valence-electron chi connectivity index (χ2n) is 7.31. The molecule has 0 aliphatic heterocycles. The van der Waals surface area contributed by atoms with E-state index >= 15 is 0 Å². The Bertz CT molecular complexity index is 636. The standard InChI is InChI=1S/C22H37N3O2S/c1-4-15-27-20-11-7-9-18(16-20)13-14-24-22(23-5-2)25-19-10-8-12-21(17-19)28(26)6-3/h7,9,11,16,19,21H,4-6,8,10,12-15,17H2,1-3H3,(H2,23,24,25). The number of hydrogen-bond acceptors (Lipinski definition) is 3. The maximum absolute atomic E-state index is 12.2. The minimum atomic E-state index is -0.700. The molecule has 0 amide bonds. The summed E-state index contributed by atoms with van der Waals surface area (Å²) in [4.78, 5) is 4.76. The number of benzene rings is 1. The van der Waals surface area contributed by atoms with E-state index < -0.39 is 10.8 Å². The molecule has 2 rings (SSSR count). The molecule has 5 nitrogen and oxygen atoms in total. The summed E-state index contributed by atoms with van der Waals surface area (Å²) in [7, 11) is -0.700. The molecule has 0 heterocycles. The van der Waals surface area contributed by atoms with Crippen LogP contribution in [0.25, 0.3) is 0 Å². The lowest BCUT2D eigenvalue weighted by atomic mass is 9.95. The normalized spacial score (nSPS) is 21.2. The molecular formula is C22H37N3O2S. The first kappa shape index (κ1) is 22.7. The van der Waals surface area contributed by atoms with Gasteiger partial charge >= 0.3 is 0 Å². The van der Waals surface area contributed by atoms with Crippen LogP contribution < -0.4 is 15.4 Å². The molecule has 0 radical (unpaired) electrons. The summed E-state index contributed by atoms with van der Waals surface area (Å²) in [5.74, 6) is 2.56. The van der Waals surface area contributed by atoms with E-state index in [1.54, 1.807) is 0 Å². The molecule has 1 aliphatic rings. The monoisotopic (exact) mass is 407 g/mol. The Morgan fingerprint density at radius 2 is 2.14 bits per heavy atom. The molecule has 2 N–H and O–H groups in total. The van der Waals surface area contributed by atoms with E-state index in [9.17, 15) is 4.21 Å². The first-order valence-corrected chi connectivity index (χ1v) is 12.2. The number of aliphatic imine (C=N–C) groups is 1. The second-order valence-corrected chi connectivity index (χ2v) is 9.31. The van der Waals surface area contributed by atoms with Gasteiger partial charge in [0.15, 0.2) is 5.96 Å². The summed E-state index contributed by atoms with van der Waals surface area (Å²) in [6.07, 6.45) is 6.22. The van der Waals surface area contributed by atoms with Crippen molar-refractivity contribution in [3.63, 3.8) is 0 Å². The van der Waals surface area contributed by atoms with Gasteiger partial charge in [-0.15, -0.1) is 0 Å². The molecule has 0 saturated heterocycles. The summed E-state index contributed by atoms with van der Waals surface area (Å²) in [5, 5.41) is 7.25. The van der Waals surface area contributed by atoms with Crippen molar-refractivity contribution in [2.75, 3.05) is 25.4 Å². The van der Waals surface area contributed by atoms with E-state index in [4.69, 9.17) is 9.73 Å². The van der Waals surface area contributed by atoms with Crippen molar-refractivity contribution in [2.24, 2.45) is 4.99 Å². The second kappa shape index (κ2) is 12.8. The van der Waals surface area contributed by atoms with Crippen LogP contribution in [0.3, 0.4) is 0 Å². The highest BCUT2D eigenvalue weighted by atomic mass is 32.2. The van der Waals surface area contributed by atoms with Crippen LogP contribution in [0.15, 0.2) is 29.3 Å². The molecule has 0 spiro atoms. The van der Waals surface area contributed by atoms with Gasteiger partial charge in [0.2, 0.25) is 0 Å². The fraction of sp³-hybridized carbons (Fsp3) is 0.682. The summed E-state index contributed by atoms with van der Waals surface area (Å²) in [6.45, 7) is 8.53. The predicted molar refractivity (Wildman–Crippen MR) is 120 cm³/mol. The Labute approximate surface area is 173 Å². The molecule has 1 aliphatic carbocycles. The number of nitrogens with zero attached hydrogens (tertiary/aromatic N) is 1. The summed E-state index contributed by atoms with van der Waals surface area (Å²) < 4.78 is 17.9. The molecule has 1 fully saturated rings. The molecule has 158 valence electrons. The van der Waals surface area contributed by atoms with Gasteiger partial charge in [-0.25, -0.2) is 0 Å². The first-order valence-electron chi connectivity index (χ1n) is 10.8. The Balaban J connectivity index is 1.88. The Morgan fingerprint density at radius 1 is 1.29 bits per heavy atom. The van der Waals surface area contributed by atoms with Crippen molar-refractivity contribution in [1.82, 2.24) is 10.6 Å². The number of hydrogen-bond donors (Lipinski definition) is 2. The van der Waals surface area contributed by atoms with Crippen LogP contribution in [-0.4, -0.2) is 46.9 Å². The van der Waals surface area contributed by atoms with Crippen molar-refractivity contribution in [3.05, 3.63) is 29.8 Å². The van der Waals surface area contributed by atoms with E-state index in [-0.39, 0.29) is 0 Å². The maximum Gasteiger partial charge on any atom is 0.191 e. The largest absolute Gasteiger partial charge is 0.494 e. The summed E-state index contributed by atoms with van der Waals surface area (Å²) >= 11 is 0. The zero-order valence-corrected chi connectivity index (χ0v) is 18.5. The fourth-order valence-corrected chi connectivity index (χ4v) is 4.92. The van der Waals surface area contributed by atoms with Gasteiger partial charge in [-0.2, -0.15) is 0 Å². The fourth-order valence-electron chi connectivity index (χ4n) is 3.57. The quantitative estimate of drug-likeness (QED) is 0.459. The maximum atomic E-state index is 12.2. The summed E-state index contributed by atoms with van der Waals surface area (Å²) in [5.41, 5.74) is 1.24. The zero-order chi connectivity index (χ0) is 20.2. The highest BCUT2D eigenvalue weighted by Crippen LogP contribution is 2.23. The van der Waals surface area contributed by atoms with Crippen LogP contribution in [0.2, 0.25) is 0 Å². The molecule has 6 heteroatoms. The van der Waals surface area contributed by atoms with E-state index in [0.29, 0.717) is 11.3 Å². The number of rotatable bonds is 10. The third-order valence-electron chi connectivity index (χ3n) is 5.01. The van der Waals surface area contributed by atoms with Gasteiger partial charge in [-0.1, -0.05) is 32.4 Å². The van der Waals surface area contributed by atoms with Gasteiger partial charge in [-0.05, 0) is 56.7 Å². The van der Waals surface area contributed by atoms with Gasteiger partial charge in [0.1, 0.15) is 5.75 Å². The third-order valence-corrected chi connectivity index (χ3v) is 6.75. The van der Waals surface area contributed by atoms with Crippen LogP contribution in [0.5, 0.6) is 5.75 Å². The number of nitrogens with one attached hydrogen (secondary N) is 2. The molecule has 1 saturated carbocycles. The van der Waals surface area contributed by atoms with Crippen LogP contribution in [0, 0.1) is 0 Å². The van der Waals surface area contributed by atoms with Crippen LogP contribution in [0.4, 0.5) is 0 Å². The van der Waals surface area contributed by atoms with Gasteiger partial charge in [0.05, 0.1) is 6.61 Å². The Kier molecular flexibility index (Phi) is 10.4. The molecular weight excluding hydrogens is 370 g/mol. The summed E-state index contributed by atoms with van der Waals surface area (Å²) in [6, 6.07) is 8.65. The van der Waals surface area contributed by atoms with Gasteiger partial charge < -0.3 is 15.4 Å².